The van der Waals surface area contributed by atoms with Crippen LogP contribution >= 0.6 is 47.0 Å². The smallest absolute Gasteiger partial charge is 0.264 e. The highest BCUT2D eigenvalue weighted by Crippen LogP contribution is 2.24. The molecule has 0 radical (unpaired) electrons. The van der Waals surface area contributed by atoms with Gasteiger partial charge in [-0.2, -0.15) is 0 Å². The van der Waals surface area contributed by atoms with Crippen molar-refractivity contribution in [3.8, 4) is 5.75 Å². The molecule has 0 aliphatic carbocycles. The number of thiocarbonyl (C=S) groups is 1. The summed E-state index contributed by atoms with van der Waals surface area (Å²) in [5.74, 6) is 0.144. The zero-order valence-corrected chi connectivity index (χ0v) is 14.7. The Morgan fingerprint density at radius 1 is 1.04 bits per heavy atom. The first-order valence-corrected chi connectivity index (χ1v) is 7.92. The lowest BCUT2D eigenvalue weighted by molar-refractivity contribution is -0.121. The van der Waals surface area contributed by atoms with Crippen molar-refractivity contribution < 1.29 is 9.53 Å². The second-order valence-corrected chi connectivity index (χ2v) is 6.03. The maximum atomic E-state index is 11.8. The molecule has 2 N–H and O–H groups in total. The van der Waals surface area contributed by atoms with Crippen LogP contribution in [-0.2, 0) is 4.79 Å². The monoisotopic (exact) mass is 388 g/mol. The van der Waals surface area contributed by atoms with Crippen molar-refractivity contribution in [1.29, 1.82) is 0 Å². The van der Waals surface area contributed by atoms with E-state index in [1.807, 2.05) is 0 Å². The Bertz CT molecular complexity index is 723. The third-order valence-corrected chi connectivity index (χ3v) is 3.81. The van der Waals surface area contributed by atoms with E-state index in [0.717, 1.165) is 0 Å². The highest BCUT2D eigenvalue weighted by molar-refractivity contribution is 7.80. The number of benzene rings is 2. The fourth-order valence-corrected chi connectivity index (χ4v) is 2.23. The molecule has 0 aromatic heterocycles. The molecule has 0 heterocycles. The van der Waals surface area contributed by atoms with Gasteiger partial charge in [0.1, 0.15) is 5.75 Å². The highest BCUT2D eigenvalue weighted by atomic mass is 35.5. The number of carbonyl (C=O) groups is 1. The molecule has 0 saturated carbocycles. The van der Waals surface area contributed by atoms with E-state index in [9.17, 15) is 4.79 Å². The van der Waals surface area contributed by atoms with Crippen LogP contribution in [0.3, 0.4) is 0 Å². The van der Waals surface area contributed by atoms with Crippen molar-refractivity contribution in [1.82, 2.24) is 5.32 Å². The van der Waals surface area contributed by atoms with Gasteiger partial charge in [0.2, 0.25) is 0 Å². The molecule has 8 heteroatoms. The maximum absolute atomic E-state index is 11.8. The zero-order chi connectivity index (χ0) is 16.8. The largest absolute Gasteiger partial charge is 0.484 e. The van der Waals surface area contributed by atoms with E-state index in [1.165, 1.54) is 0 Å². The first kappa shape index (κ1) is 17.8. The van der Waals surface area contributed by atoms with Crippen LogP contribution in [-0.4, -0.2) is 17.6 Å². The van der Waals surface area contributed by atoms with E-state index in [-0.39, 0.29) is 11.7 Å². The number of rotatable bonds is 4. The van der Waals surface area contributed by atoms with Crippen molar-refractivity contribution in [3.63, 3.8) is 0 Å². The molecule has 23 heavy (non-hydrogen) atoms. The fraction of sp³-hybridized carbons (Fsp3) is 0.0667. The fourth-order valence-electron chi connectivity index (χ4n) is 1.58. The minimum atomic E-state index is -0.391. The minimum absolute atomic E-state index is 0.132. The van der Waals surface area contributed by atoms with E-state index in [0.29, 0.717) is 26.5 Å². The Balaban J connectivity index is 1.81. The standard InChI is InChI=1S/C15H11Cl3N2O2S/c16-9-1-4-11(5-2-9)22-8-14(21)20-15(23)19-10-3-6-12(17)13(18)7-10/h1-7H,8H2,(H2,19,20,21,23). The van der Waals surface area contributed by atoms with Gasteiger partial charge in [-0.1, -0.05) is 34.8 Å². The lowest BCUT2D eigenvalue weighted by atomic mass is 10.3. The van der Waals surface area contributed by atoms with Gasteiger partial charge in [0.25, 0.3) is 5.91 Å². The van der Waals surface area contributed by atoms with Gasteiger partial charge < -0.3 is 10.1 Å². The number of hydrogen-bond acceptors (Lipinski definition) is 3. The molecular formula is C15H11Cl3N2O2S. The van der Waals surface area contributed by atoms with E-state index in [4.69, 9.17) is 51.8 Å². The molecule has 0 spiro atoms. The Hall–Kier alpha value is -1.53. The Kier molecular flexibility index (Phi) is 6.47. The Labute approximate surface area is 153 Å². The van der Waals surface area contributed by atoms with Crippen LogP contribution in [0.1, 0.15) is 0 Å². The third-order valence-electron chi connectivity index (χ3n) is 2.61. The normalized spacial score (nSPS) is 10.0. The van der Waals surface area contributed by atoms with Crippen LogP contribution < -0.4 is 15.4 Å². The van der Waals surface area contributed by atoms with Crippen LogP contribution in [0.15, 0.2) is 42.5 Å². The molecule has 2 rings (SSSR count). The van der Waals surface area contributed by atoms with Crippen molar-refractivity contribution >= 4 is 63.7 Å². The lowest BCUT2D eigenvalue weighted by Crippen LogP contribution is -2.37. The average Bonchev–Trinajstić information content (AvgIpc) is 2.50. The molecular weight excluding hydrogens is 379 g/mol. The van der Waals surface area contributed by atoms with Gasteiger partial charge in [-0.3, -0.25) is 10.1 Å². The number of ether oxygens (including phenoxy) is 1. The number of nitrogens with one attached hydrogen (secondary N) is 2. The summed E-state index contributed by atoms with van der Waals surface area (Å²) in [7, 11) is 0. The van der Waals surface area contributed by atoms with Gasteiger partial charge in [-0.25, -0.2) is 0 Å². The number of carbonyl (C=O) groups excluding carboxylic acids is 1. The summed E-state index contributed by atoms with van der Waals surface area (Å²) in [6.45, 7) is -0.176. The molecule has 0 aliphatic rings. The van der Waals surface area contributed by atoms with Crippen LogP contribution in [0.25, 0.3) is 0 Å². The van der Waals surface area contributed by atoms with Crippen LogP contribution in [0.2, 0.25) is 15.1 Å². The Morgan fingerprint density at radius 2 is 1.74 bits per heavy atom. The van der Waals surface area contributed by atoms with Crippen molar-refractivity contribution in [3.05, 3.63) is 57.5 Å². The van der Waals surface area contributed by atoms with Crippen molar-refractivity contribution in [2.75, 3.05) is 11.9 Å². The average molecular weight is 390 g/mol. The number of hydrogen-bond donors (Lipinski definition) is 2. The molecule has 2 aromatic rings. The SMILES string of the molecule is O=C(COc1ccc(Cl)cc1)NC(=S)Nc1ccc(Cl)c(Cl)c1. The summed E-state index contributed by atoms with van der Waals surface area (Å²) in [5, 5.41) is 6.87. The predicted octanol–water partition coefficient (Wildman–Crippen LogP) is 4.54. The topological polar surface area (TPSA) is 50.4 Å². The molecule has 120 valence electrons. The van der Waals surface area contributed by atoms with Gasteiger partial charge >= 0.3 is 0 Å². The van der Waals surface area contributed by atoms with E-state index in [1.54, 1.807) is 42.5 Å². The molecule has 0 atom stereocenters. The summed E-state index contributed by atoms with van der Waals surface area (Å²) in [6, 6.07) is 11.6. The van der Waals surface area contributed by atoms with Gasteiger partial charge in [-0.05, 0) is 54.7 Å². The maximum Gasteiger partial charge on any atom is 0.264 e. The molecule has 0 saturated heterocycles. The van der Waals surface area contributed by atoms with E-state index < -0.39 is 5.91 Å². The molecule has 0 fully saturated rings. The summed E-state index contributed by atoms with van der Waals surface area (Å²) < 4.78 is 5.31. The predicted molar refractivity (Wildman–Crippen MR) is 97.8 cm³/mol. The van der Waals surface area contributed by atoms with Crippen molar-refractivity contribution in [2.45, 2.75) is 0 Å². The number of amides is 1. The van der Waals surface area contributed by atoms with Gasteiger partial charge in [0, 0.05) is 10.7 Å². The molecule has 0 unspecified atom stereocenters. The Morgan fingerprint density at radius 3 is 2.39 bits per heavy atom. The minimum Gasteiger partial charge on any atom is -0.484 e. The quantitative estimate of drug-likeness (QED) is 0.754. The van der Waals surface area contributed by atoms with Crippen LogP contribution in [0.4, 0.5) is 5.69 Å². The first-order valence-electron chi connectivity index (χ1n) is 6.38. The summed E-state index contributed by atoms with van der Waals surface area (Å²) in [6.07, 6.45) is 0. The summed E-state index contributed by atoms with van der Waals surface area (Å²) in [5.41, 5.74) is 0.614. The second-order valence-electron chi connectivity index (χ2n) is 4.37. The van der Waals surface area contributed by atoms with Crippen LogP contribution in [0.5, 0.6) is 5.75 Å². The molecule has 0 aliphatic heterocycles. The van der Waals surface area contributed by atoms with E-state index in [2.05, 4.69) is 10.6 Å². The molecule has 4 nitrogen and oxygen atoms in total. The van der Waals surface area contributed by atoms with Crippen LogP contribution in [0, 0.1) is 0 Å². The first-order chi connectivity index (χ1) is 10.9. The lowest BCUT2D eigenvalue weighted by Gasteiger charge is -2.11. The second kappa shape index (κ2) is 8.36. The number of halogens is 3. The van der Waals surface area contributed by atoms with E-state index >= 15 is 0 Å². The van der Waals surface area contributed by atoms with Gasteiger partial charge in [0.05, 0.1) is 10.0 Å². The van der Waals surface area contributed by atoms with Gasteiger partial charge in [-0.15, -0.1) is 0 Å². The van der Waals surface area contributed by atoms with Crippen molar-refractivity contribution in [2.24, 2.45) is 0 Å². The molecule has 1 amide bonds. The number of anilines is 1. The third kappa shape index (κ3) is 5.88. The molecule has 0 bridgehead atoms. The summed E-state index contributed by atoms with van der Waals surface area (Å²) in [4.78, 5) is 11.8. The highest BCUT2D eigenvalue weighted by Gasteiger charge is 2.07. The van der Waals surface area contributed by atoms with Gasteiger partial charge in [0.15, 0.2) is 11.7 Å². The zero-order valence-electron chi connectivity index (χ0n) is 11.6. The summed E-state index contributed by atoms with van der Waals surface area (Å²) >= 11 is 22.5. The molecule has 2 aromatic carbocycles.